The Morgan fingerprint density at radius 1 is 1.20 bits per heavy atom. The molecule has 3 aromatic heterocycles. The molecule has 3 rings (SSSR count). The zero-order valence-corrected chi connectivity index (χ0v) is 12.0. The molecule has 0 radical (unpaired) electrons. The van der Waals surface area contributed by atoms with Crippen molar-refractivity contribution in [2.45, 2.75) is 26.7 Å². The van der Waals surface area contributed by atoms with Crippen molar-refractivity contribution in [2.24, 2.45) is 7.05 Å². The highest BCUT2D eigenvalue weighted by Crippen LogP contribution is 2.24. The van der Waals surface area contributed by atoms with Crippen molar-refractivity contribution in [2.75, 3.05) is 5.73 Å². The molecular weight excluding hydrogens is 252 g/mol. The predicted octanol–water partition coefficient (Wildman–Crippen LogP) is 1.86. The smallest absolute Gasteiger partial charge is 0.181 e. The van der Waals surface area contributed by atoms with E-state index in [9.17, 15) is 0 Å². The highest BCUT2D eigenvalue weighted by molar-refractivity contribution is 5.82. The van der Waals surface area contributed by atoms with E-state index in [1.807, 2.05) is 22.4 Å². The molecule has 0 aliphatic heterocycles. The first-order valence-corrected chi connectivity index (χ1v) is 6.80. The van der Waals surface area contributed by atoms with E-state index in [4.69, 9.17) is 5.73 Å². The van der Waals surface area contributed by atoms with Gasteiger partial charge < -0.3 is 10.3 Å². The molecule has 20 heavy (non-hydrogen) atoms. The quantitative estimate of drug-likeness (QED) is 0.788. The first kappa shape index (κ1) is 12.7. The summed E-state index contributed by atoms with van der Waals surface area (Å²) in [5.41, 5.74) is 10.7. The van der Waals surface area contributed by atoms with Crippen molar-refractivity contribution in [3.05, 3.63) is 30.0 Å². The van der Waals surface area contributed by atoms with Gasteiger partial charge in [-0.15, -0.1) is 0 Å². The molecule has 3 heterocycles. The summed E-state index contributed by atoms with van der Waals surface area (Å²) in [4.78, 5) is 8.89. The standard InChI is InChI=1S/C14H18N6/c1-4-9-12(15)10(5-2)20(18-9)14-13-11(6-7-16-14)19(3)8-17-13/h6-8H,4-5,15H2,1-3H3. The van der Waals surface area contributed by atoms with Crippen LogP contribution in [0.4, 0.5) is 5.69 Å². The van der Waals surface area contributed by atoms with Crippen LogP contribution >= 0.6 is 0 Å². The number of pyridine rings is 1. The Kier molecular flexibility index (Phi) is 2.93. The molecule has 0 unspecified atom stereocenters. The van der Waals surface area contributed by atoms with Crippen LogP contribution in [-0.2, 0) is 19.9 Å². The molecule has 0 fully saturated rings. The second kappa shape index (κ2) is 4.63. The molecule has 3 aromatic rings. The number of nitrogen functional groups attached to an aromatic ring is 1. The van der Waals surface area contributed by atoms with Crippen LogP contribution in [0.15, 0.2) is 18.6 Å². The zero-order chi connectivity index (χ0) is 14.3. The molecule has 0 atom stereocenters. The number of fused-ring (bicyclic) bond motifs is 1. The molecule has 0 bridgehead atoms. The van der Waals surface area contributed by atoms with E-state index in [1.54, 1.807) is 12.5 Å². The minimum atomic E-state index is 0.742. The molecular formula is C14H18N6. The first-order valence-electron chi connectivity index (χ1n) is 6.80. The van der Waals surface area contributed by atoms with E-state index in [0.717, 1.165) is 46.8 Å². The molecule has 6 nitrogen and oxygen atoms in total. The van der Waals surface area contributed by atoms with E-state index in [2.05, 4.69) is 28.9 Å². The van der Waals surface area contributed by atoms with Gasteiger partial charge in [-0.25, -0.2) is 14.6 Å². The van der Waals surface area contributed by atoms with Gasteiger partial charge in [0.1, 0.15) is 5.52 Å². The van der Waals surface area contributed by atoms with Crippen LogP contribution in [-0.4, -0.2) is 24.3 Å². The minimum Gasteiger partial charge on any atom is -0.396 e. The van der Waals surface area contributed by atoms with E-state index >= 15 is 0 Å². The average molecular weight is 270 g/mol. The Bertz CT molecular complexity index is 767. The maximum Gasteiger partial charge on any atom is 0.181 e. The van der Waals surface area contributed by atoms with Gasteiger partial charge in [0.05, 0.1) is 28.9 Å². The highest BCUT2D eigenvalue weighted by atomic mass is 15.3. The van der Waals surface area contributed by atoms with E-state index in [0.29, 0.717) is 0 Å². The Balaban J connectivity index is 2.31. The van der Waals surface area contributed by atoms with Crippen molar-refractivity contribution in [1.82, 2.24) is 24.3 Å². The second-order valence-corrected chi connectivity index (χ2v) is 4.78. The van der Waals surface area contributed by atoms with Crippen LogP contribution in [0.2, 0.25) is 0 Å². The summed E-state index contributed by atoms with van der Waals surface area (Å²) in [5, 5.41) is 4.61. The Morgan fingerprint density at radius 3 is 2.70 bits per heavy atom. The van der Waals surface area contributed by atoms with Gasteiger partial charge in [0.2, 0.25) is 0 Å². The maximum absolute atomic E-state index is 6.18. The summed E-state index contributed by atoms with van der Waals surface area (Å²) in [7, 11) is 1.97. The molecule has 0 aromatic carbocycles. The number of anilines is 1. The molecule has 2 N–H and O–H groups in total. The summed E-state index contributed by atoms with van der Waals surface area (Å²) in [6.07, 6.45) is 5.19. The molecule has 0 saturated carbocycles. The molecule has 0 amide bonds. The monoisotopic (exact) mass is 270 g/mol. The zero-order valence-electron chi connectivity index (χ0n) is 12.0. The lowest BCUT2D eigenvalue weighted by atomic mass is 10.2. The van der Waals surface area contributed by atoms with Gasteiger partial charge in [-0.3, -0.25) is 0 Å². The van der Waals surface area contributed by atoms with Gasteiger partial charge in [-0.05, 0) is 18.9 Å². The fourth-order valence-electron chi connectivity index (χ4n) is 2.50. The second-order valence-electron chi connectivity index (χ2n) is 4.78. The van der Waals surface area contributed by atoms with E-state index in [-0.39, 0.29) is 0 Å². The normalized spacial score (nSPS) is 11.3. The van der Waals surface area contributed by atoms with Crippen molar-refractivity contribution in [3.8, 4) is 5.82 Å². The van der Waals surface area contributed by atoms with Gasteiger partial charge in [-0.2, -0.15) is 5.10 Å². The number of nitrogens with two attached hydrogens (primary N) is 1. The van der Waals surface area contributed by atoms with Gasteiger partial charge in [0.15, 0.2) is 5.82 Å². The van der Waals surface area contributed by atoms with Gasteiger partial charge >= 0.3 is 0 Å². The summed E-state index contributed by atoms with van der Waals surface area (Å²) in [6.45, 7) is 4.12. The number of aromatic nitrogens is 5. The fraction of sp³-hybridized carbons (Fsp3) is 0.357. The third-order valence-corrected chi connectivity index (χ3v) is 3.59. The molecule has 0 aliphatic rings. The number of hydrogen-bond donors (Lipinski definition) is 1. The molecule has 6 heteroatoms. The van der Waals surface area contributed by atoms with Gasteiger partial charge in [-0.1, -0.05) is 13.8 Å². The van der Waals surface area contributed by atoms with Crippen LogP contribution in [0, 0.1) is 0 Å². The number of imidazole rings is 1. The predicted molar refractivity (Wildman–Crippen MR) is 78.8 cm³/mol. The van der Waals surface area contributed by atoms with Gasteiger partial charge in [0, 0.05) is 13.2 Å². The van der Waals surface area contributed by atoms with Crippen LogP contribution in [0.1, 0.15) is 25.2 Å². The Morgan fingerprint density at radius 2 is 2.00 bits per heavy atom. The summed E-state index contributed by atoms with van der Waals surface area (Å²) in [6, 6.07) is 1.95. The summed E-state index contributed by atoms with van der Waals surface area (Å²) < 4.78 is 3.81. The number of rotatable bonds is 3. The molecule has 0 spiro atoms. The fourth-order valence-corrected chi connectivity index (χ4v) is 2.50. The third kappa shape index (κ3) is 1.68. The topological polar surface area (TPSA) is 74.5 Å². The SMILES string of the molecule is CCc1nn(-c2nccc3c2ncn3C)c(CC)c1N. The van der Waals surface area contributed by atoms with E-state index < -0.39 is 0 Å². The third-order valence-electron chi connectivity index (χ3n) is 3.59. The molecule has 0 saturated heterocycles. The molecule has 0 aliphatic carbocycles. The van der Waals surface area contributed by atoms with Crippen LogP contribution < -0.4 is 5.73 Å². The van der Waals surface area contributed by atoms with Crippen LogP contribution in [0.25, 0.3) is 16.9 Å². The van der Waals surface area contributed by atoms with Gasteiger partial charge in [0.25, 0.3) is 0 Å². The lowest BCUT2D eigenvalue weighted by Crippen LogP contribution is -2.05. The molecule has 104 valence electrons. The van der Waals surface area contributed by atoms with Crippen LogP contribution in [0.3, 0.4) is 0 Å². The number of aryl methyl sites for hydroxylation is 2. The summed E-state index contributed by atoms with van der Waals surface area (Å²) in [5.74, 6) is 0.742. The largest absolute Gasteiger partial charge is 0.396 e. The van der Waals surface area contributed by atoms with E-state index in [1.165, 1.54) is 0 Å². The van der Waals surface area contributed by atoms with Crippen molar-refractivity contribution >= 4 is 16.7 Å². The Hall–Kier alpha value is -2.37. The minimum absolute atomic E-state index is 0.742. The Labute approximate surface area is 117 Å². The summed E-state index contributed by atoms with van der Waals surface area (Å²) >= 11 is 0. The van der Waals surface area contributed by atoms with Crippen molar-refractivity contribution < 1.29 is 0 Å². The van der Waals surface area contributed by atoms with Crippen molar-refractivity contribution in [1.29, 1.82) is 0 Å². The maximum atomic E-state index is 6.18. The lowest BCUT2D eigenvalue weighted by molar-refractivity contribution is 0.777. The average Bonchev–Trinajstić information content (AvgIpc) is 2.99. The number of nitrogens with zero attached hydrogens (tertiary/aromatic N) is 5. The van der Waals surface area contributed by atoms with Crippen LogP contribution in [0.5, 0.6) is 0 Å². The lowest BCUT2D eigenvalue weighted by Gasteiger charge is -2.06. The number of hydrogen-bond acceptors (Lipinski definition) is 4. The van der Waals surface area contributed by atoms with Crippen molar-refractivity contribution in [3.63, 3.8) is 0 Å². The first-order chi connectivity index (χ1) is 9.67. The highest BCUT2D eigenvalue weighted by Gasteiger charge is 2.17.